The zero-order chi connectivity index (χ0) is 16.7. The number of hydrogen-bond acceptors (Lipinski definition) is 5. The molecule has 23 heavy (non-hydrogen) atoms. The van der Waals surface area contributed by atoms with Crippen LogP contribution in [0.1, 0.15) is 73.3 Å². The van der Waals surface area contributed by atoms with Gasteiger partial charge < -0.3 is 4.98 Å². The van der Waals surface area contributed by atoms with Crippen LogP contribution in [0.15, 0.2) is 16.1 Å². The number of imidazole rings is 1. The Kier molecular flexibility index (Phi) is 7.43. The molecule has 0 amide bonds. The standard InChI is InChI=1S/C17H24N2O2S2/c1-3-5-7-9-22-16-14(20)12-13(19-11-18-12)15(21)17(16)23-10-8-6-4-2/h11H,3-10H2,1-2H3,(H,18,19). The van der Waals surface area contributed by atoms with Gasteiger partial charge in [0.2, 0.25) is 11.6 Å². The minimum Gasteiger partial charge on any atom is -0.341 e. The summed E-state index contributed by atoms with van der Waals surface area (Å²) in [6.45, 7) is 4.31. The summed E-state index contributed by atoms with van der Waals surface area (Å²) in [5.41, 5.74) is 0.636. The average Bonchev–Trinajstić information content (AvgIpc) is 3.04. The lowest BCUT2D eigenvalue weighted by atomic mass is 10.1. The molecule has 4 nitrogen and oxygen atoms in total. The summed E-state index contributed by atoms with van der Waals surface area (Å²) in [7, 11) is 0. The van der Waals surface area contributed by atoms with Gasteiger partial charge in [0.1, 0.15) is 11.4 Å². The number of thioether (sulfide) groups is 2. The maximum Gasteiger partial charge on any atom is 0.221 e. The van der Waals surface area contributed by atoms with Crippen molar-refractivity contribution in [3.05, 3.63) is 27.5 Å². The van der Waals surface area contributed by atoms with Gasteiger partial charge in [-0.2, -0.15) is 0 Å². The van der Waals surface area contributed by atoms with E-state index >= 15 is 0 Å². The highest BCUT2D eigenvalue weighted by Crippen LogP contribution is 2.37. The van der Waals surface area contributed by atoms with Crippen LogP contribution in [-0.2, 0) is 0 Å². The molecule has 6 heteroatoms. The number of allylic oxidation sites excluding steroid dienone is 2. The van der Waals surface area contributed by atoms with Crippen LogP contribution in [0.5, 0.6) is 0 Å². The number of aromatic nitrogens is 2. The van der Waals surface area contributed by atoms with Gasteiger partial charge in [-0.15, -0.1) is 23.5 Å². The topological polar surface area (TPSA) is 62.8 Å². The van der Waals surface area contributed by atoms with E-state index in [0.29, 0.717) is 15.5 Å². The first-order chi connectivity index (χ1) is 11.2. The Bertz CT molecular complexity index is 545. The molecule has 126 valence electrons. The molecule has 1 heterocycles. The molecule has 0 aliphatic heterocycles. The number of H-pyrrole nitrogens is 1. The summed E-state index contributed by atoms with van der Waals surface area (Å²) < 4.78 is 0. The average molecular weight is 353 g/mol. The molecule has 0 radical (unpaired) electrons. The normalized spacial score (nSPS) is 14.5. The van der Waals surface area contributed by atoms with Gasteiger partial charge in [0.15, 0.2) is 0 Å². The molecule has 0 bridgehead atoms. The predicted octanol–water partition coefficient (Wildman–Crippen LogP) is 4.85. The fourth-order valence-electron chi connectivity index (χ4n) is 2.38. The molecule has 0 atom stereocenters. The van der Waals surface area contributed by atoms with Crippen LogP contribution in [0.4, 0.5) is 0 Å². The highest BCUT2D eigenvalue weighted by molar-refractivity contribution is 8.08. The third-order valence-corrected chi connectivity index (χ3v) is 6.16. The highest BCUT2D eigenvalue weighted by atomic mass is 32.2. The molecule has 1 aromatic rings. The van der Waals surface area contributed by atoms with E-state index in [9.17, 15) is 9.59 Å². The Balaban J connectivity index is 2.15. The third-order valence-electron chi connectivity index (χ3n) is 3.69. The summed E-state index contributed by atoms with van der Waals surface area (Å²) in [4.78, 5) is 33.4. The molecule has 1 aromatic heterocycles. The third kappa shape index (κ3) is 4.51. The van der Waals surface area contributed by atoms with Crippen LogP contribution in [0.2, 0.25) is 0 Å². The SMILES string of the molecule is CCCCCSC1=C(SCCCCC)C(=O)c2[nH]cnc2C1=O. The molecule has 0 saturated carbocycles. The number of carbonyl (C=O) groups is 2. The van der Waals surface area contributed by atoms with Crippen molar-refractivity contribution in [2.24, 2.45) is 0 Å². The maximum absolute atomic E-state index is 12.7. The van der Waals surface area contributed by atoms with E-state index in [1.165, 1.54) is 29.9 Å². The summed E-state index contributed by atoms with van der Waals surface area (Å²) >= 11 is 3.05. The Hall–Kier alpha value is -1.01. The maximum atomic E-state index is 12.7. The molecule has 0 spiro atoms. The quantitative estimate of drug-likeness (QED) is 0.610. The molecule has 1 aliphatic carbocycles. The number of hydrogen-bond donors (Lipinski definition) is 1. The molecule has 2 rings (SSSR count). The zero-order valence-corrected chi connectivity index (χ0v) is 15.4. The van der Waals surface area contributed by atoms with Crippen LogP contribution < -0.4 is 0 Å². The van der Waals surface area contributed by atoms with Crippen molar-refractivity contribution in [2.75, 3.05) is 11.5 Å². The Morgan fingerprint density at radius 3 is 2.04 bits per heavy atom. The van der Waals surface area contributed by atoms with E-state index in [1.54, 1.807) is 0 Å². The first-order valence-electron chi connectivity index (χ1n) is 8.33. The smallest absolute Gasteiger partial charge is 0.221 e. The van der Waals surface area contributed by atoms with Gasteiger partial charge in [0.25, 0.3) is 0 Å². The number of aromatic amines is 1. The van der Waals surface area contributed by atoms with Gasteiger partial charge in [0, 0.05) is 0 Å². The summed E-state index contributed by atoms with van der Waals surface area (Å²) in [6.07, 6.45) is 8.16. The number of nitrogens with zero attached hydrogens (tertiary/aromatic N) is 1. The largest absolute Gasteiger partial charge is 0.341 e. The molecule has 0 saturated heterocycles. The molecule has 0 unspecified atom stereocenters. The number of Topliss-reactive ketones (excluding diaryl/α,β-unsaturated/α-hetero) is 2. The molecule has 0 aromatic carbocycles. The lowest BCUT2D eigenvalue weighted by molar-refractivity contribution is 0.0983. The molecular weight excluding hydrogens is 328 g/mol. The monoisotopic (exact) mass is 352 g/mol. The number of ketones is 2. The summed E-state index contributed by atoms with van der Waals surface area (Å²) in [6, 6.07) is 0. The van der Waals surface area contributed by atoms with Crippen molar-refractivity contribution in [1.82, 2.24) is 9.97 Å². The fourth-order valence-corrected chi connectivity index (χ4v) is 4.75. The van der Waals surface area contributed by atoms with E-state index in [4.69, 9.17) is 0 Å². The second-order valence-electron chi connectivity index (χ2n) is 5.55. The van der Waals surface area contributed by atoms with Gasteiger partial charge in [-0.1, -0.05) is 39.5 Å². The molecule has 0 fully saturated rings. The first kappa shape index (κ1) is 18.3. The second-order valence-corrected chi connectivity index (χ2v) is 7.76. The fraction of sp³-hybridized carbons (Fsp3) is 0.588. The van der Waals surface area contributed by atoms with Crippen LogP contribution in [-0.4, -0.2) is 33.0 Å². The van der Waals surface area contributed by atoms with Crippen molar-refractivity contribution in [3.8, 4) is 0 Å². The number of unbranched alkanes of at least 4 members (excludes halogenated alkanes) is 4. The number of fused-ring (bicyclic) bond motifs is 1. The predicted molar refractivity (Wildman–Crippen MR) is 98.2 cm³/mol. The van der Waals surface area contributed by atoms with E-state index in [-0.39, 0.29) is 17.3 Å². The Labute approximate surface area is 146 Å². The second kappa shape index (κ2) is 9.33. The van der Waals surface area contributed by atoms with Crippen LogP contribution >= 0.6 is 23.5 Å². The lowest BCUT2D eigenvalue weighted by Gasteiger charge is -2.17. The van der Waals surface area contributed by atoms with Crippen molar-refractivity contribution in [2.45, 2.75) is 52.4 Å². The van der Waals surface area contributed by atoms with Crippen molar-refractivity contribution < 1.29 is 9.59 Å². The van der Waals surface area contributed by atoms with Gasteiger partial charge in [-0.3, -0.25) is 9.59 Å². The summed E-state index contributed by atoms with van der Waals surface area (Å²) in [5, 5.41) is 0. The van der Waals surface area contributed by atoms with Crippen molar-refractivity contribution in [1.29, 1.82) is 0 Å². The van der Waals surface area contributed by atoms with E-state index < -0.39 is 0 Å². The molecular formula is C17H24N2O2S2. The summed E-state index contributed by atoms with van der Waals surface area (Å²) in [5.74, 6) is 1.59. The van der Waals surface area contributed by atoms with Gasteiger partial charge in [0.05, 0.1) is 16.1 Å². The van der Waals surface area contributed by atoms with Gasteiger partial charge >= 0.3 is 0 Å². The molecule has 1 N–H and O–H groups in total. The zero-order valence-electron chi connectivity index (χ0n) is 13.8. The number of nitrogens with one attached hydrogen (secondary N) is 1. The molecule has 1 aliphatic rings. The minimum atomic E-state index is -0.0969. The van der Waals surface area contributed by atoms with E-state index in [0.717, 1.165) is 50.0 Å². The van der Waals surface area contributed by atoms with Gasteiger partial charge in [-0.25, -0.2) is 4.98 Å². The van der Waals surface area contributed by atoms with E-state index in [1.807, 2.05) is 0 Å². The first-order valence-corrected chi connectivity index (χ1v) is 10.3. The van der Waals surface area contributed by atoms with Crippen LogP contribution in [0.3, 0.4) is 0 Å². The Morgan fingerprint density at radius 1 is 0.913 bits per heavy atom. The van der Waals surface area contributed by atoms with Crippen molar-refractivity contribution >= 4 is 35.1 Å². The number of carbonyl (C=O) groups excluding carboxylic acids is 2. The number of rotatable bonds is 10. The van der Waals surface area contributed by atoms with Crippen molar-refractivity contribution in [3.63, 3.8) is 0 Å². The lowest BCUT2D eigenvalue weighted by Crippen LogP contribution is -2.20. The van der Waals surface area contributed by atoms with Gasteiger partial charge in [-0.05, 0) is 24.3 Å². The Morgan fingerprint density at radius 2 is 1.48 bits per heavy atom. The van der Waals surface area contributed by atoms with Crippen LogP contribution in [0.25, 0.3) is 0 Å². The highest BCUT2D eigenvalue weighted by Gasteiger charge is 2.34. The van der Waals surface area contributed by atoms with Crippen LogP contribution in [0, 0.1) is 0 Å². The van der Waals surface area contributed by atoms with E-state index in [2.05, 4.69) is 23.8 Å². The minimum absolute atomic E-state index is 0.0726.